The van der Waals surface area contributed by atoms with Gasteiger partial charge in [0.15, 0.2) is 0 Å². The molecule has 0 aromatic rings. The first-order valence-electron chi connectivity index (χ1n) is 5.12. The van der Waals surface area contributed by atoms with Crippen LogP contribution in [0.15, 0.2) is 0 Å². The summed E-state index contributed by atoms with van der Waals surface area (Å²) in [6.07, 6.45) is -0.721. The normalized spacial score (nSPS) is 43.5. The summed E-state index contributed by atoms with van der Waals surface area (Å²) in [6, 6.07) is 0. The van der Waals surface area contributed by atoms with Gasteiger partial charge in [0.1, 0.15) is 0 Å². The lowest BCUT2D eigenvalue weighted by atomic mass is 9.79. The highest BCUT2D eigenvalue weighted by molar-refractivity contribution is 9.12. The van der Waals surface area contributed by atoms with Gasteiger partial charge < -0.3 is 14.2 Å². The molecule has 0 aromatic carbocycles. The summed E-state index contributed by atoms with van der Waals surface area (Å²) in [5, 5.41) is 0. The van der Waals surface area contributed by atoms with Gasteiger partial charge in [-0.15, -0.1) is 0 Å². The Morgan fingerprint density at radius 1 is 0.941 bits per heavy atom. The van der Waals surface area contributed by atoms with E-state index in [9.17, 15) is 9.59 Å². The SMILES string of the molecule is COC(=O)[C@H]1[C@H]2O[C@@H]([C@@H](Br)[C@H]2Br)[C@@H]1C(=O)OC. The number of fused-ring (bicyclic) bond motifs is 2. The van der Waals surface area contributed by atoms with Crippen LogP contribution in [0.1, 0.15) is 0 Å². The topological polar surface area (TPSA) is 61.8 Å². The zero-order valence-electron chi connectivity index (χ0n) is 9.26. The third kappa shape index (κ3) is 1.92. The second-order valence-electron chi connectivity index (χ2n) is 4.05. The Hall–Kier alpha value is -0.140. The molecule has 2 aliphatic heterocycles. The summed E-state index contributed by atoms with van der Waals surface area (Å²) in [7, 11) is 2.61. The third-order valence-electron chi connectivity index (χ3n) is 3.29. The standard InChI is InChI=1S/C10H12Br2O5/c1-15-9(13)3-4(10(14)16-2)8-6(12)5(11)7(3)17-8/h3-8H,1-2H3/t3-,4-,5-,6+,7-,8-/m1/s1. The molecule has 96 valence electrons. The number of carbonyl (C=O) groups is 2. The lowest BCUT2D eigenvalue weighted by Crippen LogP contribution is -2.48. The average molecular weight is 372 g/mol. The van der Waals surface area contributed by atoms with Crippen LogP contribution in [0.5, 0.6) is 0 Å². The quantitative estimate of drug-likeness (QED) is 0.532. The van der Waals surface area contributed by atoms with Gasteiger partial charge in [-0.25, -0.2) is 0 Å². The van der Waals surface area contributed by atoms with E-state index < -0.39 is 23.8 Å². The summed E-state index contributed by atoms with van der Waals surface area (Å²) >= 11 is 6.93. The van der Waals surface area contributed by atoms with E-state index in [2.05, 4.69) is 31.9 Å². The summed E-state index contributed by atoms with van der Waals surface area (Å²) in [4.78, 5) is 23.4. The Morgan fingerprint density at radius 3 is 1.59 bits per heavy atom. The van der Waals surface area contributed by atoms with Crippen molar-refractivity contribution in [3.63, 3.8) is 0 Å². The Labute approximate surface area is 115 Å². The molecule has 0 aromatic heterocycles. The van der Waals surface area contributed by atoms with Gasteiger partial charge in [0.25, 0.3) is 0 Å². The number of ether oxygens (including phenoxy) is 3. The Balaban J connectivity index is 2.29. The maximum atomic E-state index is 11.7. The molecule has 2 aliphatic rings. The predicted molar refractivity (Wildman–Crippen MR) is 65.1 cm³/mol. The zero-order valence-corrected chi connectivity index (χ0v) is 12.4. The van der Waals surface area contributed by atoms with Gasteiger partial charge in [0.2, 0.25) is 0 Å². The molecule has 17 heavy (non-hydrogen) atoms. The minimum Gasteiger partial charge on any atom is -0.469 e. The van der Waals surface area contributed by atoms with Crippen molar-refractivity contribution in [2.75, 3.05) is 14.2 Å². The van der Waals surface area contributed by atoms with E-state index in [0.717, 1.165) is 0 Å². The van der Waals surface area contributed by atoms with Crippen molar-refractivity contribution in [1.82, 2.24) is 0 Å². The smallest absolute Gasteiger partial charge is 0.312 e. The monoisotopic (exact) mass is 370 g/mol. The number of rotatable bonds is 2. The van der Waals surface area contributed by atoms with Crippen molar-refractivity contribution in [3.05, 3.63) is 0 Å². The molecule has 0 amide bonds. The zero-order chi connectivity index (χ0) is 12.7. The van der Waals surface area contributed by atoms with E-state index in [1.165, 1.54) is 14.2 Å². The lowest BCUT2D eigenvalue weighted by molar-refractivity contribution is -0.157. The molecule has 0 unspecified atom stereocenters. The Kier molecular flexibility index (Phi) is 3.80. The van der Waals surface area contributed by atoms with Gasteiger partial charge in [0.05, 0.1) is 47.9 Å². The first-order chi connectivity index (χ1) is 8.02. The summed E-state index contributed by atoms with van der Waals surface area (Å²) in [5.74, 6) is -2.07. The molecule has 2 bridgehead atoms. The number of alkyl halides is 2. The highest BCUT2D eigenvalue weighted by Crippen LogP contribution is 2.50. The molecule has 7 heteroatoms. The van der Waals surface area contributed by atoms with Gasteiger partial charge >= 0.3 is 11.9 Å². The number of methoxy groups -OCH3 is 2. The van der Waals surface area contributed by atoms with E-state index in [0.29, 0.717) is 0 Å². The van der Waals surface area contributed by atoms with Crippen LogP contribution in [0.2, 0.25) is 0 Å². The summed E-state index contributed by atoms with van der Waals surface area (Å²) < 4.78 is 15.1. The van der Waals surface area contributed by atoms with Gasteiger partial charge in [-0.1, -0.05) is 31.9 Å². The predicted octanol–water partition coefficient (Wildman–Crippen LogP) is 0.873. The minimum absolute atomic E-state index is 0.0162. The maximum Gasteiger partial charge on any atom is 0.312 e. The highest BCUT2D eigenvalue weighted by Gasteiger charge is 2.63. The number of esters is 2. The van der Waals surface area contributed by atoms with Crippen LogP contribution in [0.4, 0.5) is 0 Å². The molecule has 0 radical (unpaired) electrons. The van der Waals surface area contributed by atoms with E-state index in [1.807, 2.05) is 0 Å². The number of halogens is 2. The summed E-state index contributed by atoms with van der Waals surface area (Å²) in [6.45, 7) is 0. The van der Waals surface area contributed by atoms with Gasteiger partial charge in [-0.2, -0.15) is 0 Å². The number of hydrogen-bond donors (Lipinski definition) is 0. The molecule has 2 saturated heterocycles. The van der Waals surface area contributed by atoms with Gasteiger partial charge in [-0.3, -0.25) is 9.59 Å². The molecular weight excluding hydrogens is 360 g/mol. The first-order valence-corrected chi connectivity index (χ1v) is 6.95. The largest absolute Gasteiger partial charge is 0.469 e. The lowest BCUT2D eigenvalue weighted by Gasteiger charge is -2.29. The van der Waals surface area contributed by atoms with Gasteiger partial charge in [0, 0.05) is 0 Å². The van der Waals surface area contributed by atoms with Crippen molar-refractivity contribution in [2.24, 2.45) is 11.8 Å². The Bertz CT molecular complexity index is 316. The molecule has 2 heterocycles. The van der Waals surface area contributed by atoms with Crippen molar-refractivity contribution >= 4 is 43.8 Å². The van der Waals surface area contributed by atoms with Crippen molar-refractivity contribution < 1.29 is 23.8 Å². The molecule has 2 fully saturated rings. The minimum atomic E-state index is -0.601. The fourth-order valence-electron chi connectivity index (χ4n) is 2.50. The molecule has 0 saturated carbocycles. The van der Waals surface area contributed by atoms with Crippen molar-refractivity contribution in [1.29, 1.82) is 0 Å². The van der Waals surface area contributed by atoms with Crippen LogP contribution < -0.4 is 0 Å². The molecule has 5 nitrogen and oxygen atoms in total. The summed E-state index contributed by atoms with van der Waals surface area (Å²) in [5.41, 5.74) is 0. The Morgan fingerprint density at radius 2 is 1.29 bits per heavy atom. The number of carbonyl (C=O) groups excluding carboxylic acids is 2. The van der Waals surface area contributed by atoms with Crippen LogP contribution >= 0.6 is 31.9 Å². The maximum absolute atomic E-state index is 11.7. The van der Waals surface area contributed by atoms with Crippen LogP contribution in [0.25, 0.3) is 0 Å². The van der Waals surface area contributed by atoms with E-state index >= 15 is 0 Å². The van der Waals surface area contributed by atoms with Crippen LogP contribution in [0, 0.1) is 11.8 Å². The highest BCUT2D eigenvalue weighted by atomic mass is 79.9. The molecule has 2 rings (SSSR count). The molecular formula is C10H12Br2O5. The van der Waals surface area contributed by atoms with E-state index in [1.54, 1.807) is 0 Å². The van der Waals surface area contributed by atoms with Crippen molar-refractivity contribution in [2.45, 2.75) is 21.9 Å². The van der Waals surface area contributed by atoms with E-state index in [-0.39, 0.29) is 21.9 Å². The van der Waals surface area contributed by atoms with E-state index in [4.69, 9.17) is 14.2 Å². The second-order valence-corrected chi connectivity index (χ2v) is 6.17. The van der Waals surface area contributed by atoms with Crippen LogP contribution in [-0.4, -0.2) is 48.0 Å². The van der Waals surface area contributed by atoms with Crippen LogP contribution in [0.3, 0.4) is 0 Å². The molecule has 0 spiro atoms. The molecule has 6 atom stereocenters. The van der Waals surface area contributed by atoms with Crippen molar-refractivity contribution in [3.8, 4) is 0 Å². The average Bonchev–Trinajstić information content (AvgIpc) is 2.85. The third-order valence-corrected chi connectivity index (χ3v) is 6.18. The van der Waals surface area contributed by atoms with Crippen LogP contribution in [-0.2, 0) is 23.8 Å². The fraction of sp³-hybridized carbons (Fsp3) is 0.800. The molecule has 0 aliphatic carbocycles. The molecule has 0 N–H and O–H groups in total. The number of hydrogen-bond acceptors (Lipinski definition) is 5. The van der Waals surface area contributed by atoms with Gasteiger partial charge in [-0.05, 0) is 0 Å². The second kappa shape index (κ2) is 4.85. The fourth-order valence-corrected chi connectivity index (χ4v) is 4.01. The first kappa shape index (κ1) is 13.3.